The third-order valence-corrected chi connectivity index (χ3v) is 5.21. The van der Waals surface area contributed by atoms with Crippen LogP contribution in [0.1, 0.15) is 11.1 Å². The monoisotopic (exact) mass is 420 g/mol. The maximum Gasteiger partial charge on any atom is 0.416 e. The molecule has 26 heavy (non-hydrogen) atoms. The third-order valence-electron chi connectivity index (χ3n) is 3.54. The number of thioether (sulfide) groups is 1. The molecular formula is C17H10Cl2F4N2S. The zero-order valence-electron chi connectivity index (χ0n) is 12.9. The molecule has 0 saturated carbocycles. The topological polar surface area (TPSA) is 28.7 Å². The highest BCUT2D eigenvalue weighted by Crippen LogP contribution is 2.43. The van der Waals surface area contributed by atoms with E-state index >= 15 is 0 Å². The molecule has 0 saturated heterocycles. The van der Waals surface area contributed by atoms with Gasteiger partial charge in [-0.15, -0.1) is 11.8 Å². The van der Waals surface area contributed by atoms with Gasteiger partial charge in [0.1, 0.15) is 5.82 Å². The number of alkyl halides is 3. The molecule has 0 unspecified atom stereocenters. The van der Waals surface area contributed by atoms with E-state index < -0.39 is 11.7 Å². The van der Waals surface area contributed by atoms with Gasteiger partial charge in [-0.3, -0.25) is 5.10 Å². The van der Waals surface area contributed by atoms with E-state index in [2.05, 4.69) is 10.2 Å². The number of nitrogens with one attached hydrogen (secondary N) is 1. The van der Waals surface area contributed by atoms with E-state index in [1.54, 1.807) is 12.1 Å². The molecule has 9 heteroatoms. The molecule has 0 amide bonds. The van der Waals surface area contributed by atoms with Crippen molar-refractivity contribution in [1.29, 1.82) is 0 Å². The number of hydrogen-bond acceptors (Lipinski definition) is 2. The Kier molecular flexibility index (Phi) is 5.50. The Bertz CT molecular complexity index is 900. The zero-order valence-corrected chi connectivity index (χ0v) is 15.2. The normalized spacial score (nSPS) is 11.8. The first-order chi connectivity index (χ1) is 12.3. The molecule has 0 atom stereocenters. The number of nitrogens with zero attached hydrogens (tertiary/aromatic N) is 1. The van der Waals surface area contributed by atoms with Gasteiger partial charge < -0.3 is 0 Å². The fourth-order valence-electron chi connectivity index (χ4n) is 2.29. The molecule has 1 N–H and O–H groups in total. The van der Waals surface area contributed by atoms with Crippen LogP contribution < -0.4 is 0 Å². The van der Waals surface area contributed by atoms with Gasteiger partial charge in [0.25, 0.3) is 0 Å². The van der Waals surface area contributed by atoms with Crippen LogP contribution >= 0.6 is 35.0 Å². The Morgan fingerprint density at radius 3 is 2.23 bits per heavy atom. The summed E-state index contributed by atoms with van der Waals surface area (Å²) in [5.41, 5.74) is 0.736. The first-order valence-electron chi connectivity index (χ1n) is 7.23. The van der Waals surface area contributed by atoms with Gasteiger partial charge in [0, 0.05) is 16.9 Å². The lowest BCUT2D eigenvalue weighted by Crippen LogP contribution is -2.05. The van der Waals surface area contributed by atoms with E-state index in [-0.39, 0.29) is 21.4 Å². The highest BCUT2D eigenvalue weighted by Gasteiger charge is 2.32. The van der Waals surface area contributed by atoms with E-state index in [0.717, 1.165) is 17.7 Å². The van der Waals surface area contributed by atoms with Crippen molar-refractivity contribution in [3.05, 3.63) is 69.6 Å². The highest BCUT2D eigenvalue weighted by molar-refractivity contribution is 7.98. The van der Waals surface area contributed by atoms with Crippen LogP contribution in [-0.2, 0) is 11.9 Å². The van der Waals surface area contributed by atoms with Crippen LogP contribution in [0.5, 0.6) is 0 Å². The van der Waals surface area contributed by atoms with Gasteiger partial charge in [0.2, 0.25) is 0 Å². The molecule has 1 aromatic heterocycles. The number of halogens is 6. The second-order valence-electron chi connectivity index (χ2n) is 5.34. The van der Waals surface area contributed by atoms with Crippen molar-refractivity contribution in [2.75, 3.05) is 0 Å². The molecule has 2 aromatic carbocycles. The van der Waals surface area contributed by atoms with Crippen molar-refractivity contribution >= 4 is 35.0 Å². The maximum atomic E-state index is 13.0. The van der Waals surface area contributed by atoms with Crippen molar-refractivity contribution in [2.45, 2.75) is 17.0 Å². The summed E-state index contributed by atoms with van der Waals surface area (Å²) in [6.45, 7) is 0. The Labute approximate surface area is 160 Å². The quantitative estimate of drug-likeness (QED) is 0.369. The van der Waals surface area contributed by atoms with Crippen LogP contribution in [0.4, 0.5) is 17.6 Å². The summed E-state index contributed by atoms with van der Waals surface area (Å²) in [7, 11) is 0. The van der Waals surface area contributed by atoms with Crippen LogP contribution in [0.25, 0.3) is 11.1 Å². The average molecular weight is 421 g/mol. The molecule has 0 aliphatic carbocycles. The summed E-state index contributed by atoms with van der Waals surface area (Å²) in [6, 6.07) is 7.68. The van der Waals surface area contributed by atoms with E-state index in [1.807, 2.05) is 0 Å². The van der Waals surface area contributed by atoms with Gasteiger partial charge in [0.15, 0.2) is 0 Å². The van der Waals surface area contributed by atoms with Crippen molar-refractivity contribution in [2.24, 2.45) is 0 Å². The zero-order chi connectivity index (χ0) is 18.9. The summed E-state index contributed by atoms with van der Waals surface area (Å²) in [5.74, 6) is 0.176. The van der Waals surface area contributed by atoms with Gasteiger partial charge in [-0.1, -0.05) is 35.3 Å². The predicted octanol–water partition coefficient (Wildman–Crippen LogP) is 6.83. The van der Waals surface area contributed by atoms with Crippen LogP contribution in [-0.4, -0.2) is 10.2 Å². The smallest absolute Gasteiger partial charge is 0.271 e. The van der Waals surface area contributed by atoms with E-state index in [0.29, 0.717) is 16.3 Å². The van der Waals surface area contributed by atoms with E-state index in [4.69, 9.17) is 23.2 Å². The molecular weight excluding hydrogens is 411 g/mol. The van der Waals surface area contributed by atoms with Gasteiger partial charge in [-0.05, 0) is 29.8 Å². The van der Waals surface area contributed by atoms with Crippen LogP contribution in [0.15, 0.2) is 47.6 Å². The molecule has 0 aliphatic heterocycles. The minimum Gasteiger partial charge on any atom is -0.271 e. The Morgan fingerprint density at radius 2 is 1.65 bits per heavy atom. The maximum absolute atomic E-state index is 13.0. The Balaban J connectivity index is 1.89. The molecule has 136 valence electrons. The number of aromatic amines is 1. The molecule has 2 nitrogen and oxygen atoms in total. The summed E-state index contributed by atoms with van der Waals surface area (Å²) in [6.07, 6.45) is -3.09. The summed E-state index contributed by atoms with van der Waals surface area (Å²) < 4.78 is 51.6. The number of rotatable bonds is 4. The lowest BCUT2D eigenvalue weighted by molar-refractivity contribution is -0.137. The Hall–Kier alpha value is -1.70. The molecule has 3 aromatic rings. The lowest BCUT2D eigenvalue weighted by Gasteiger charge is -2.12. The SMILES string of the molecule is Fc1ccc(CSc2[nH]ncc2-c2c(Cl)cc(C(F)(F)F)cc2Cl)cc1. The number of hydrogen-bond donors (Lipinski definition) is 1. The lowest BCUT2D eigenvalue weighted by atomic mass is 10.1. The summed E-state index contributed by atoms with van der Waals surface area (Å²) in [4.78, 5) is 0. The minimum atomic E-state index is -4.54. The molecule has 0 bridgehead atoms. The second-order valence-corrected chi connectivity index (χ2v) is 7.14. The summed E-state index contributed by atoms with van der Waals surface area (Å²) >= 11 is 13.5. The summed E-state index contributed by atoms with van der Waals surface area (Å²) in [5, 5.41) is 7.08. The standard InChI is InChI=1S/C17H10Cl2F4N2S/c18-13-5-10(17(21,22)23)6-14(19)15(13)12-7-24-25-16(12)26-8-9-1-3-11(20)4-2-9/h1-7H,8H2,(H,24,25). The largest absolute Gasteiger partial charge is 0.416 e. The van der Waals surface area contributed by atoms with Crippen molar-refractivity contribution in [3.8, 4) is 11.1 Å². The fraction of sp³-hybridized carbons (Fsp3) is 0.118. The van der Waals surface area contributed by atoms with Gasteiger partial charge in [0.05, 0.1) is 26.8 Å². The van der Waals surface area contributed by atoms with Gasteiger partial charge >= 0.3 is 6.18 Å². The van der Waals surface area contributed by atoms with Crippen molar-refractivity contribution in [3.63, 3.8) is 0 Å². The van der Waals surface area contributed by atoms with Gasteiger partial charge in [-0.2, -0.15) is 18.3 Å². The minimum absolute atomic E-state index is 0.116. The Morgan fingerprint density at radius 1 is 1.04 bits per heavy atom. The van der Waals surface area contributed by atoms with Crippen molar-refractivity contribution < 1.29 is 17.6 Å². The first-order valence-corrected chi connectivity index (χ1v) is 8.97. The predicted molar refractivity (Wildman–Crippen MR) is 95.0 cm³/mol. The molecule has 0 fully saturated rings. The van der Waals surface area contributed by atoms with Crippen molar-refractivity contribution in [1.82, 2.24) is 10.2 Å². The number of aromatic nitrogens is 2. The molecule has 0 spiro atoms. The van der Waals surface area contributed by atoms with Crippen LogP contribution in [0.2, 0.25) is 10.0 Å². The number of H-pyrrole nitrogens is 1. The number of benzene rings is 2. The fourth-order valence-corrected chi connectivity index (χ4v) is 3.91. The second kappa shape index (κ2) is 7.50. The van der Waals surface area contributed by atoms with E-state index in [9.17, 15) is 17.6 Å². The average Bonchev–Trinajstić information content (AvgIpc) is 3.01. The van der Waals surface area contributed by atoms with Crippen LogP contribution in [0.3, 0.4) is 0 Å². The molecule has 3 rings (SSSR count). The van der Waals surface area contributed by atoms with Crippen LogP contribution in [0, 0.1) is 5.82 Å². The van der Waals surface area contributed by atoms with E-state index in [1.165, 1.54) is 30.1 Å². The molecule has 1 heterocycles. The first kappa shape index (κ1) is 19.1. The van der Waals surface area contributed by atoms with Gasteiger partial charge in [-0.25, -0.2) is 4.39 Å². The molecule has 0 radical (unpaired) electrons. The molecule has 0 aliphatic rings. The highest BCUT2D eigenvalue weighted by atomic mass is 35.5. The third kappa shape index (κ3) is 4.16.